The Morgan fingerprint density at radius 1 is 0.927 bits per heavy atom. The second-order valence-electron chi connectivity index (χ2n) is 9.31. The first-order chi connectivity index (χ1) is 19.5. The highest BCUT2D eigenvalue weighted by Gasteiger charge is 2.34. The number of alkyl halides is 6. The van der Waals surface area contributed by atoms with Crippen LogP contribution in [-0.2, 0) is 28.3 Å². The molecule has 0 bridgehead atoms. The zero-order valence-electron chi connectivity index (χ0n) is 21.4. The van der Waals surface area contributed by atoms with Gasteiger partial charge in [0.15, 0.2) is 0 Å². The van der Waals surface area contributed by atoms with Crippen molar-refractivity contribution in [3.8, 4) is 11.3 Å². The zero-order chi connectivity index (χ0) is 29.2. The van der Waals surface area contributed by atoms with E-state index in [0.29, 0.717) is 37.4 Å². The molecule has 7 nitrogen and oxygen atoms in total. The fraction of sp³-hybridized carbons (Fsp3) is 0.286. The SMILES string of the molecule is O=C(CCc1nc(Nc2ccc(C(F)(F)F)cc2)c2ccc(-c3ncccc3C(F)(F)F)cc2n1)N1CCOCC1. The molecule has 1 aliphatic rings. The summed E-state index contributed by atoms with van der Waals surface area (Å²) in [4.78, 5) is 27.3. The molecule has 13 heteroatoms. The molecule has 3 heterocycles. The number of halogens is 6. The molecule has 2 aromatic carbocycles. The quantitative estimate of drug-likeness (QED) is 0.273. The third-order valence-electron chi connectivity index (χ3n) is 6.53. The molecule has 0 saturated carbocycles. The van der Waals surface area contributed by atoms with Crippen LogP contribution in [0.25, 0.3) is 22.2 Å². The second kappa shape index (κ2) is 11.3. The largest absolute Gasteiger partial charge is 0.418 e. The van der Waals surface area contributed by atoms with Crippen LogP contribution in [0.4, 0.5) is 37.8 Å². The average Bonchev–Trinajstić information content (AvgIpc) is 2.95. The lowest BCUT2D eigenvalue weighted by Crippen LogP contribution is -2.40. The normalized spacial score (nSPS) is 14.3. The van der Waals surface area contributed by atoms with Gasteiger partial charge in [-0.05, 0) is 48.5 Å². The number of ether oxygens (including phenoxy) is 1. The van der Waals surface area contributed by atoms with Gasteiger partial charge in [0.1, 0.15) is 11.6 Å². The minimum Gasteiger partial charge on any atom is -0.378 e. The summed E-state index contributed by atoms with van der Waals surface area (Å²) in [7, 11) is 0. The first-order valence-electron chi connectivity index (χ1n) is 12.6. The third kappa shape index (κ3) is 6.56. The molecule has 0 spiro atoms. The molecular formula is C28H23F6N5O2. The van der Waals surface area contributed by atoms with Crippen molar-refractivity contribution >= 4 is 28.3 Å². The molecule has 0 radical (unpaired) electrons. The molecule has 4 aromatic rings. The fourth-order valence-electron chi connectivity index (χ4n) is 4.47. The van der Waals surface area contributed by atoms with E-state index in [1.54, 1.807) is 4.90 Å². The predicted octanol–water partition coefficient (Wildman–Crippen LogP) is 6.26. The van der Waals surface area contributed by atoms with Gasteiger partial charge >= 0.3 is 12.4 Å². The Morgan fingerprint density at radius 2 is 1.66 bits per heavy atom. The number of carbonyl (C=O) groups excluding carboxylic acids is 1. The van der Waals surface area contributed by atoms with E-state index in [1.807, 2.05) is 0 Å². The number of benzene rings is 2. The smallest absolute Gasteiger partial charge is 0.378 e. The molecule has 214 valence electrons. The highest BCUT2D eigenvalue weighted by molar-refractivity contribution is 5.93. The standard InChI is InChI=1S/C28H23F6N5O2/c29-27(30,31)18-4-6-19(7-5-18)36-26-20-8-3-17(25-21(28(32,33)34)2-1-11-35-25)16-22(20)37-23(38-26)9-10-24(40)39-12-14-41-15-13-39/h1-8,11,16H,9-10,12-15H2,(H,36,37,38). The number of anilines is 2. The summed E-state index contributed by atoms with van der Waals surface area (Å²) in [6.45, 7) is 1.81. The number of rotatable bonds is 6. The molecule has 5 rings (SSSR count). The number of pyridine rings is 1. The summed E-state index contributed by atoms with van der Waals surface area (Å²) in [5.41, 5.74) is -1.26. The van der Waals surface area contributed by atoms with Gasteiger partial charge in [-0.25, -0.2) is 9.97 Å². The molecule has 1 N–H and O–H groups in total. The highest BCUT2D eigenvalue weighted by Crippen LogP contribution is 2.37. The van der Waals surface area contributed by atoms with Crippen molar-refractivity contribution in [1.82, 2.24) is 19.9 Å². The van der Waals surface area contributed by atoms with E-state index in [2.05, 4.69) is 20.3 Å². The van der Waals surface area contributed by atoms with Crippen molar-refractivity contribution in [3.05, 3.63) is 77.7 Å². The maximum absolute atomic E-state index is 13.7. The van der Waals surface area contributed by atoms with Gasteiger partial charge in [0, 0.05) is 48.8 Å². The van der Waals surface area contributed by atoms with Crippen LogP contribution in [0.1, 0.15) is 23.4 Å². The first-order valence-corrected chi connectivity index (χ1v) is 12.6. The van der Waals surface area contributed by atoms with Crippen molar-refractivity contribution in [3.63, 3.8) is 0 Å². The number of fused-ring (bicyclic) bond motifs is 1. The molecule has 41 heavy (non-hydrogen) atoms. The summed E-state index contributed by atoms with van der Waals surface area (Å²) in [5.74, 6) is 0.348. The maximum atomic E-state index is 13.7. The zero-order valence-corrected chi connectivity index (χ0v) is 21.4. The van der Waals surface area contributed by atoms with E-state index < -0.39 is 23.5 Å². The number of morpholine rings is 1. The molecule has 0 aliphatic carbocycles. The molecule has 1 saturated heterocycles. The van der Waals surface area contributed by atoms with Crippen molar-refractivity contribution in [2.75, 3.05) is 31.6 Å². The Bertz CT molecular complexity index is 1550. The van der Waals surface area contributed by atoms with Crippen molar-refractivity contribution < 1.29 is 35.9 Å². The van der Waals surface area contributed by atoms with Crippen molar-refractivity contribution in [1.29, 1.82) is 0 Å². The minimum atomic E-state index is -4.63. The average molecular weight is 576 g/mol. The third-order valence-corrected chi connectivity index (χ3v) is 6.53. The molecule has 1 amide bonds. The lowest BCUT2D eigenvalue weighted by molar-refractivity contribution is -0.138. The van der Waals surface area contributed by atoms with Crippen LogP contribution in [0.3, 0.4) is 0 Å². The van der Waals surface area contributed by atoms with E-state index >= 15 is 0 Å². The predicted molar refractivity (Wildman–Crippen MR) is 138 cm³/mol. The van der Waals surface area contributed by atoms with Crippen LogP contribution < -0.4 is 5.32 Å². The van der Waals surface area contributed by atoms with Gasteiger partial charge in [0.2, 0.25) is 5.91 Å². The summed E-state index contributed by atoms with van der Waals surface area (Å²) in [6, 6.07) is 10.9. The Labute approximate surface area is 230 Å². The number of hydrogen-bond donors (Lipinski definition) is 1. The van der Waals surface area contributed by atoms with Crippen molar-refractivity contribution in [2.24, 2.45) is 0 Å². The lowest BCUT2D eigenvalue weighted by atomic mass is 10.0. The maximum Gasteiger partial charge on any atom is 0.418 e. The monoisotopic (exact) mass is 575 g/mol. The number of aromatic nitrogens is 3. The summed E-state index contributed by atoms with van der Waals surface area (Å²) < 4.78 is 85.3. The summed E-state index contributed by atoms with van der Waals surface area (Å²) in [6.07, 6.45) is -7.66. The van der Waals surface area contributed by atoms with Crippen LogP contribution in [0.15, 0.2) is 60.8 Å². The van der Waals surface area contributed by atoms with Gasteiger partial charge in [-0.1, -0.05) is 6.07 Å². The number of amides is 1. The van der Waals surface area contributed by atoms with E-state index in [9.17, 15) is 31.1 Å². The van der Waals surface area contributed by atoms with Crippen LogP contribution in [-0.4, -0.2) is 52.1 Å². The highest BCUT2D eigenvalue weighted by atomic mass is 19.4. The minimum absolute atomic E-state index is 0.0867. The molecule has 1 aliphatic heterocycles. The molecule has 0 atom stereocenters. The number of aryl methyl sites for hydroxylation is 1. The van der Waals surface area contributed by atoms with E-state index in [-0.39, 0.29) is 47.2 Å². The Morgan fingerprint density at radius 3 is 2.34 bits per heavy atom. The molecular weight excluding hydrogens is 552 g/mol. The van der Waals surface area contributed by atoms with Gasteiger partial charge in [-0.2, -0.15) is 26.3 Å². The van der Waals surface area contributed by atoms with Gasteiger partial charge in [0.05, 0.1) is 35.6 Å². The van der Waals surface area contributed by atoms with Gasteiger partial charge in [-0.3, -0.25) is 9.78 Å². The summed E-state index contributed by atoms with van der Waals surface area (Å²) in [5, 5.41) is 3.40. The number of carbonyl (C=O) groups is 1. The van der Waals surface area contributed by atoms with Gasteiger partial charge < -0.3 is 15.0 Å². The number of nitrogens with one attached hydrogen (secondary N) is 1. The van der Waals surface area contributed by atoms with E-state index in [1.165, 1.54) is 42.6 Å². The number of hydrogen-bond acceptors (Lipinski definition) is 6. The second-order valence-corrected chi connectivity index (χ2v) is 9.31. The summed E-state index contributed by atoms with van der Waals surface area (Å²) >= 11 is 0. The van der Waals surface area contributed by atoms with Crippen LogP contribution in [0, 0.1) is 0 Å². The first kappa shape index (κ1) is 28.3. The molecule has 0 unspecified atom stereocenters. The lowest BCUT2D eigenvalue weighted by Gasteiger charge is -2.26. The fourth-order valence-corrected chi connectivity index (χ4v) is 4.47. The van der Waals surface area contributed by atoms with Gasteiger partial charge in [-0.15, -0.1) is 0 Å². The Kier molecular flexibility index (Phi) is 7.80. The van der Waals surface area contributed by atoms with Crippen LogP contribution in [0.5, 0.6) is 0 Å². The van der Waals surface area contributed by atoms with E-state index in [4.69, 9.17) is 4.74 Å². The van der Waals surface area contributed by atoms with Gasteiger partial charge in [0.25, 0.3) is 0 Å². The topological polar surface area (TPSA) is 80.2 Å². The van der Waals surface area contributed by atoms with Crippen LogP contribution in [0.2, 0.25) is 0 Å². The Balaban J connectivity index is 1.52. The number of nitrogens with zero attached hydrogens (tertiary/aromatic N) is 4. The van der Waals surface area contributed by atoms with E-state index in [0.717, 1.165) is 18.2 Å². The van der Waals surface area contributed by atoms with Crippen LogP contribution >= 0.6 is 0 Å². The molecule has 1 fully saturated rings. The van der Waals surface area contributed by atoms with Crippen molar-refractivity contribution in [2.45, 2.75) is 25.2 Å². The Hall–Kier alpha value is -4.26. The molecule has 2 aromatic heterocycles.